The van der Waals surface area contributed by atoms with Crippen LogP contribution in [0, 0.1) is 5.92 Å². The van der Waals surface area contributed by atoms with Crippen LogP contribution in [0.4, 0.5) is 0 Å². The fraction of sp³-hybridized carbons (Fsp3) is 0.867. The van der Waals surface area contributed by atoms with Crippen molar-refractivity contribution in [1.82, 2.24) is 9.96 Å². The van der Waals surface area contributed by atoms with Crippen molar-refractivity contribution in [3.63, 3.8) is 0 Å². The van der Waals surface area contributed by atoms with Crippen LogP contribution in [0.2, 0.25) is 0 Å². The lowest BCUT2D eigenvalue weighted by molar-refractivity contribution is -0.158. The van der Waals surface area contributed by atoms with Crippen LogP contribution in [0.15, 0.2) is 0 Å². The van der Waals surface area contributed by atoms with Crippen LogP contribution in [0.5, 0.6) is 0 Å². The molecule has 1 aliphatic heterocycles. The Kier molecular flexibility index (Phi) is 8.30. The van der Waals surface area contributed by atoms with Gasteiger partial charge < -0.3 is 10.0 Å². The van der Waals surface area contributed by atoms with Crippen molar-refractivity contribution >= 4 is 12.3 Å². The molecule has 1 fully saturated rings. The third kappa shape index (κ3) is 5.63. The molecule has 0 spiro atoms. The van der Waals surface area contributed by atoms with Crippen LogP contribution >= 0.6 is 0 Å². The third-order valence-corrected chi connectivity index (χ3v) is 4.16. The van der Waals surface area contributed by atoms with E-state index in [4.69, 9.17) is 5.11 Å². The molecule has 122 valence electrons. The number of hydroxylamine groups is 2. The summed E-state index contributed by atoms with van der Waals surface area (Å²) in [5, 5.41) is 19.1. The first kappa shape index (κ1) is 17.9. The zero-order chi connectivity index (χ0) is 15.7. The molecular formula is C15H28N2O4. The van der Waals surface area contributed by atoms with E-state index < -0.39 is 0 Å². The van der Waals surface area contributed by atoms with E-state index in [0.717, 1.165) is 32.1 Å². The summed E-state index contributed by atoms with van der Waals surface area (Å²) in [5.74, 6) is -0.359. The molecular weight excluding hydrogens is 272 g/mol. The monoisotopic (exact) mass is 300 g/mol. The topological polar surface area (TPSA) is 81.1 Å². The SMILES string of the molecule is CCCCC(CN(O)C=O)C(=O)N1CCCCC1CCO. The minimum Gasteiger partial charge on any atom is -0.396 e. The lowest BCUT2D eigenvalue weighted by Gasteiger charge is -2.38. The van der Waals surface area contributed by atoms with E-state index in [1.54, 1.807) is 0 Å². The third-order valence-electron chi connectivity index (χ3n) is 4.16. The summed E-state index contributed by atoms with van der Waals surface area (Å²) in [4.78, 5) is 25.2. The molecule has 2 atom stereocenters. The fourth-order valence-electron chi connectivity index (χ4n) is 2.99. The number of nitrogens with zero attached hydrogens (tertiary/aromatic N) is 2. The molecule has 1 aliphatic rings. The summed E-state index contributed by atoms with van der Waals surface area (Å²) >= 11 is 0. The largest absolute Gasteiger partial charge is 0.396 e. The van der Waals surface area contributed by atoms with E-state index in [1.807, 2.05) is 11.8 Å². The van der Waals surface area contributed by atoms with Crippen LogP contribution in [-0.4, -0.2) is 58.3 Å². The molecule has 2 N–H and O–H groups in total. The van der Waals surface area contributed by atoms with Gasteiger partial charge in [0.15, 0.2) is 0 Å². The van der Waals surface area contributed by atoms with Gasteiger partial charge in [0.25, 0.3) is 0 Å². The average molecular weight is 300 g/mol. The number of rotatable bonds is 9. The normalized spacial score (nSPS) is 20.1. The van der Waals surface area contributed by atoms with Gasteiger partial charge in [-0.05, 0) is 32.1 Å². The highest BCUT2D eigenvalue weighted by molar-refractivity contribution is 5.79. The van der Waals surface area contributed by atoms with Crippen LogP contribution in [0.1, 0.15) is 51.9 Å². The quantitative estimate of drug-likeness (QED) is 0.383. The van der Waals surface area contributed by atoms with Gasteiger partial charge in [-0.1, -0.05) is 19.8 Å². The maximum absolute atomic E-state index is 12.7. The smallest absolute Gasteiger partial charge is 0.233 e. The van der Waals surface area contributed by atoms with E-state index in [1.165, 1.54) is 0 Å². The van der Waals surface area contributed by atoms with Crippen molar-refractivity contribution in [1.29, 1.82) is 0 Å². The first-order valence-electron chi connectivity index (χ1n) is 7.96. The van der Waals surface area contributed by atoms with Gasteiger partial charge in [0.1, 0.15) is 0 Å². The number of likely N-dealkylation sites (tertiary alicyclic amines) is 1. The number of amides is 2. The van der Waals surface area contributed by atoms with Crippen molar-refractivity contribution in [3.05, 3.63) is 0 Å². The van der Waals surface area contributed by atoms with Gasteiger partial charge in [-0.3, -0.25) is 14.8 Å². The van der Waals surface area contributed by atoms with E-state index in [2.05, 4.69) is 0 Å². The zero-order valence-electron chi connectivity index (χ0n) is 12.9. The molecule has 0 aromatic carbocycles. The fourth-order valence-corrected chi connectivity index (χ4v) is 2.99. The summed E-state index contributed by atoms with van der Waals surface area (Å²) in [6.07, 6.45) is 6.44. The maximum Gasteiger partial charge on any atom is 0.233 e. The summed E-state index contributed by atoms with van der Waals surface area (Å²) in [6.45, 7) is 2.88. The van der Waals surface area contributed by atoms with Crippen LogP contribution in [-0.2, 0) is 9.59 Å². The highest BCUT2D eigenvalue weighted by atomic mass is 16.5. The predicted octanol–water partition coefficient (Wildman–Crippen LogP) is 1.40. The lowest BCUT2D eigenvalue weighted by Crippen LogP contribution is -2.48. The van der Waals surface area contributed by atoms with E-state index in [-0.39, 0.29) is 31.0 Å². The molecule has 2 unspecified atom stereocenters. The molecule has 1 saturated heterocycles. The molecule has 1 heterocycles. The molecule has 0 saturated carbocycles. The number of unbranched alkanes of at least 4 members (excludes halogenated alkanes) is 1. The number of aliphatic hydroxyl groups is 1. The highest BCUT2D eigenvalue weighted by Gasteiger charge is 2.31. The number of piperidine rings is 1. The van der Waals surface area contributed by atoms with Crippen LogP contribution in [0.3, 0.4) is 0 Å². The van der Waals surface area contributed by atoms with Gasteiger partial charge in [0, 0.05) is 19.2 Å². The summed E-state index contributed by atoms with van der Waals surface area (Å²) in [7, 11) is 0. The second kappa shape index (κ2) is 9.73. The molecule has 1 rings (SSSR count). The number of carbonyl (C=O) groups excluding carboxylic acids is 2. The Labute approximate surface area is 126 Å². The highest BCUT2D eigenvalue weighted by Crippen LogP contribution is 2.23. The van der Waals surface area contributed by atoms with Gasteiger partial charge in [0.2, 0.25) is 12.3 Å². The molecule has 6 nitrogen and oxygen atoms in total. The molecule has 2 amide bonds. The van der Waals surface area contributed by atoms with Crippen molar-refractivity contribution in [3.8, 4) is 0 Å². The summed E-state index contributed by atoms with van der Waals surface area (Å²) in [5.41, 5.74) is 0. The van der Waals surface area contributed by atoms with Crippen molar-refractivity contribution in [2.75, 3.05) is 19.7 Å². The Morgan fingerprint density at radius 1 is 1.48 bits per heavy atom. The molecule has 6 heteroatoms. The Bertz CT molecular complexity index is 323. The number of aliphatic hydroxyl groups excluding tert-OH is 1. The van der Waals surface area contributed by atoms with Gasteiger partial charge in [-0.2, -0.15) is 0 Å². The molecule has 0 aliphatic carbocycles. The van der Waals surface area contributed by atoms with Crippen molar-refractivity contribution < 1.29 is 19.9 Å². The lowest BCUT2D eigenvalue weighted by atomic mass is 9.94. The zero-order valence-corrected chi connectivity index (χ0v) is 12.9. The van der Waals surface area contributed by atoms with Gasteiger partial charge in [-0.15, -0.1) is 0 Å². The molecule has 0 aromatic heterocycles. The number of hydrogen-bond acceptors (Lipinski definition) is 4. The second-order valence-electron chi connectivity index (χ2n) is 5.76. The predicted molar refractivity (Wildman–Crippen MR) is 78.6 cm³/mol. The molecule has 0 radical (unpaired) electrons. The molecule has 0 aromatic rings. The van der Waals surface area contributed by atoms with Crippen molar-refractivity contribution in [2.45, 2.75) is 57.9 Å². The number of hydrogen-bond donors (Lipinski definition) is 2. The Hall–Kier alpha value is -1.14. The Morgan fingerprint density at radius 2 is 2.24 bits per heavy atom. The van der Waals surface area contributed by atoms with E-state index in [9.17, 15) is 14.8 Å². The number of carbonyl (C=O) groups is 2. The van der Waals surface area contributed by atoms with Crippen LogP contribution in [0.25, 0.3) is 0 Å². The Morgan fingerprint density at radius 3 is 2.86 bits per heavy atom. The molecule has 21 heavy (non-hydrogen) atoms. The average Bonchev–Trinajstić information content (AvgIpc) is 2.51. The first-order valence-corrected chi connectivity index (χ1v) is 7.96. The van der Waals surface area contributed by atoms with E-state index in [0.29, 0.717) is 30.9 Å². The minimum atomic E-state index is -0.362. The van der Waals surface area contributed by atoms with Gasteiger partial charge >= 0.3 is 0 Å². The minimum absolute atomic E-state index is 0.00231. The first-order chi connectivity index (χ1) is 10.1. The van der Waals surface area contributed by atoms with E-state index >= 15 is 0 Å². The molecule has 0 bridgehead atoms. The van der Waals surface area contributed by atoms with Crippen molar-refractivity contribution in [2.24, 2.45) is 5.92 Å². The van der Waals surface area contributed by atoms with Crippen LogP contribution < -0.4 is 0 Å². The second-order valence-corrected chi connectivity index (χ2v) is 5.76. The van der Waals surface area contributed by atoms with Gasteiger partial charge in [0.05, 0.1) is 12.5 Å². The summed E-state index contributed by atoms with van der Waals surface area (Å²) < 4.78 is 0. The Balaban J connectivity index is 2.72. The standard InChI is InChI=1S/C15H28N2O4/c1-2-3-6-13(11-16(21)12-19)15(20)17-9-5-4-7-14(17)8-10-18/h12-14,18,21H,2-11H2,1H3. The van der Waals surface area contributed by atoms with Gasteiger partial charge in [-0.25, -0.2) is 5.06 Å². The summed E-state index contributed by atoms with van der Waals surface area (Å²) in [6, 6.07) is 0.0868. The maximum atomic E-state index is 12.7.